The number of sulfonamides is 1. The molecule has 1 aliphatic heterocycles. The summed E-state index contributed by atoms with van der Waals surface area (Å²) in [5, 5.41) is 6.38. The fourth-order valence-corrected chi connectivity index (χ4v) is 6.39. The normalized spacial score (nSPS) is 14.1. The average molecular weight is 546 g/mol. The summed E-state index contributed by atoms with van der Waals surface area (Å²) in [6.07, 6.45) is 3.55. The molecule has 2 aliphatic rings. The lowest BCUT2D eigenvalue weighted by atomic mass is 10.0. The molecule has 1 aliphatic carbocycles. The Bertz CT molecular complexity index is 1710. The summed E-state index contributed by atoms with van der Waals surface area (Å²) in [4.78, 5) is 12.8. The minimum absolute atomic E-state index is 0.0970. The van der Waals surface area contributed by atoms with Crippen molar-refractivity contribution in [3.8, 4) is 11.5 Å². The van der Waals surface area contributed by atoms with Crippen molar-refractivity contribution in [1.29, 1.82) is 0 Å². The number of carbonyl (C=O) groups is 1. The van der Waals surface area contributed by atoms with Crippen LogP contribution in [0, 0.1) is 5.82 Å². The molecule has 0 radical (unpaired) electrons. The van der Waals surface area contributed by atoms with Crippen LogP contribution in [0.4, 0.5) is 10.1 Å². The molecule has 0 bridgehead atoms. The Morgan fingerprint density at radius 2 is 1.69 bits per heavy atom. The number of rotatable bonds is 7. The number of aryl methyl sites for hydroxylation is 2. The zero-order valence-electron chi connectivity index (χ0n) is 20.8. The van der Waals surface area contributed by atoms with Crippen LogP contribution in [-0.2, 0) is 27.7 Å². The van der Waals surface area contributed by atoms with Gasteiger partial charge in [-0.3, -0.25) is 9.10 Å². The lowest BCUT2D eigenvalue weighted by Gasteiger charge is -2.25. The third kappa shape index (κ3) is 4.79. The molecule has 0 aromatic heterocycles. The Hall–Kier alpha value is -4.44. The average Bonchev–Trinajstić information content (AvgIpc) is 3.38. The van der Waals surface area contributed by atoms with Crippen molar-refractivity contribution < 1.29 is 27.1 Å². The molecule has 6 rings (SSSR count). The van der Waals surface area contributed by atoms with Gasteiger partial charge in [0, 0.05) is 11.6 Å². The van der Waals surface area contributed by atoms with E-state index >= 15 is 0 Å². The van der Waals surface area contributed by atoms with Crippen molar-refractivity contribution in [3.05, 3.63) is 95.3 Å². The number of hydrogen-bond acceptors (Lipinski definition) is 6. The minimum Gasteiger partial charge on any atom is -0.486 e. The van der Waals surface area contributed by atoms with E-state index in [1.54, 1.807) is 6.21 Å². The number of anilines is 1. The minimum atomic E-state index is -4.24. The van der Waals surface area contributed by atoms with E-state index in [0.717, 1.165) is 40.2 Å². The highest BCUT2D eigenvalue weighted by molar-refractivity contribution is 7.92. The molecule has 4 aromatic carbocycles. The maximum atomic E-state index is 13.7. The molecule has 1 N–H and O–H groups in total. The van der Waals surface area contributed by atoms with Crippen LogP contribution in [0.1, 0.15) is 16.7 Å². The van der Waals surface area contributed by atoms with E-state index in [9.17, 15) is 17.6 Å². The van der Waals surface area contributed by atoms with Crippen molar-refractivity contribution in [2.75, 3.05) is 24.1 Å². The number of nitrogens with zero attached hydrogens (tertiary/aromatic N) is 2. The fourth-order valence-electron chi connectivity index (χ4n) is 4.96. The Labute approximate surface area is 224 Å². The number of carbonyl (C=O) groups excluding carboxylic acids is 1. The second kappa shape index (κ2) is 10.0. The lowest BCUT2D eigenvalue weighted by Crippen LogP contribution is -2.39. The molecule has 4 aromatic rings. The van der Waals surface area contributed by atoms with Crippen LogP contribution in [0.5, 0.6) is 11.5 Å². The lowest BCUT2D eigenvalue weighted by molar-refractivity contribution is -0.119. The first-order chi connectivity index (χ1) is 18.9. The van der Waals surface area contributed by atoms with Crippen LogP contribution in [0.25, 0.3) is 10.8 Å². The Kier molecular flexibility index (Phi) is 6.40. The molecule has 0 atom stereocenters. The predicted octanol–water partition coefficient (Wildman–Crippen LogP) is 4.19. The van der Waals surface area contributed by atoms with Crippen LogP contribution in [0.3, 0.4) is 0 Å². The van der Waals surface area contributed by atoms with Gasteiger partial charge in [0.15, 0.2) is 11.5 Å². The quantitative estimate of drug-likeness (QED) is 0.277. The summed E-state index contributed by atoms with van der Waals surface area (Å²) in [6.45, 7) is 0.0735. The van der Waals surface area contributed by atoms with Gasteiger partial charge < -0.3 is 9.47 Å². The van der Waals surface area contributed by atoms with Gasteiger partial charge in [0.2, 0.25) is 0 Å². The third-order valence-corrected chi connectivity index (χ3v) is 8.58. The Balaban J connectivity index is 1.25. The molecule has 0 fully saturated rings. The number of hydrazone groups is 1. The highest BCUT2D eigenvalue weighted by Gasteiger charge is 2.29. The van der Waals surface area contributed by atoms with E-state index in [1.807, 2.05) is 18.2 Å². The standard InChI is InChI=1S/C29H24FN3O5S/c30-22-8-10-23(11-9-22)33(39(35,36)24-12-13-26-27(16-24)38-15-14-37-26)18-28(34)32-31-17-21-7-6-20-5-4-19-2-1-3-25(21)29(19)20/h1-3,6-13,16-17H,4-5,14-15,18H2,(H,32,34)/b31-17-. The maximum Gasteiger partial charge on any atom is 0.264 e. The van der Waals surface area contributed by atoms with Crippen molar-refractivity contribution in [1.82, 2.24) is 5.43 Å². The third-order valence-electron chi connectivity index (χ3n) is 6.81. The van der Waals surface area contributed by atoms with Crippen molar-refractivity contribution in [2.24, 2.45) is 5.10 Å². The smallest absolute Gasteiger partial charge is 0.264 e. The largest absolute Gasteiger partial charge is 0.486 e. The van der Waals surface area contributed by atoms with E-state index < -0.39 is 28.3 Å². The highest BCUT2D eigenvalue weighted by atomic mass is 32.2. The van der Waals surface area contributed by atoms with Gasteiger partial charge in [-0.2, -0.15) is 5.10 Å². The first-order valence-corrected chi connectivity index (χ1v) is 13.9. The molecule has 0 saturated carbocycles. The van der Waals surface area contributed by atoms with Gasteiger partial charge in [-0.1, -0.05) is 30.3 Å². The Morgan fingerprint density at radius 3 is 2.49 bits per heavy atom. The second-order valence-electron chi connectivity index (χ2n) is 9.24. The number of halogens is 1. The molecule has 0 unspecified atom stereocenters. The number of ether oxygens (including phenoxy) is 2. The van der Waals surface area contributed by atoms with E-state index in [-0.39, 0.29) is 17.2 Å². The second-order valence-corrected chi connectivity index (χ2v) is 11.1. The van der Waals surface area contributed by atoms with Crippen LogP contribution >= 0.6 is 0 Å². The van der Waals surface area contributed by atoms with Gasteiger partial charge in [-0.25, -0.2) is 18.2 Å². The first kappa shape index (κ1) is 24.9. The molecule has 1 heterocycles. The number of fused-ring (bicyclic) bond motifs is 1. The number of nitrogens with one attached hydrogen (secondary N) is 1. The summed E-state index contributed by atoms with van der Waals surface area (Å²) in [6, 6.07) is 19.3. The van der Waals surface area contributed by atoms with Gasteiger partial charge in [-0.05, 0) is 71.1 Å². The first-order valence-electron chi connectivity index (χ1n) is 12.4. The highest BCUT2D eigenvalue weighted by Crippen LogP contribution is 2.34. The van der Waals surface area contributed by atoms with Crippen molar-refractivity contribution >= 4 is 38.6 Å². The summed E-state index contributed by atoms with van der Waals surface area (Å²) in [5.41, 5.74) is 5.98. The zero-order chi connectivity index (χ0) is 27.0. The van der Waals surface area contributed by atoms with Crippen LogP contribution in [0.2, 0.25) is 0 Å². The molecule has 0 saturated heterocycles. The topological polar surface area (TPSA) is 97.3 Å². The summed E-state index contributed by atoms with van der Waals surface area (Å²) in [5.74, 6) is -0.470. The maximum absolute atomic E-state index is 13.7. The summed E-state index contributed by atoms with van der Waals surface area (Å²) < 4.78 is 52.9. The molecular weight excluding hydrogens is 521 g/mol. The van der Waals surface area contributed by atoms with Gasteiger partial charge in [0.05, 0.1) is 16.8 Å². The van der Waals surface area contributed by atoms with Gasteiger partial charge in [0.1, 0.15) is 25.6 Å². The number of hydrogen-bond donors (Lipinski definition) is 1. The van der Waals surface area contributed by atoms with Crippen LogP contribution < -0.4 is 19.2 Å². The van der Waals surface area contributed by atoms with Gasteiger partial charge in [0.25, 0.3) is 15.9 Å². The van der Waals surface area contributed by atoms with Crippen molar-refractivity contribution in [3.63, 3.8) is 0 Å². The number of benzene rings is 4. The SMILES string of the molecule is O=C(CN(c1ccc(F)cc1)S(=O)(=O)c1ccc2c(c1)OCCO2)N/N=C\c1ccc2c3c(cccc13)CC2. The molecule has 10 heteroatoms. The molecule has 39 heavy (non-hydrogen) atoms. The zero-order valence-corrected chi connectivity index (χ0v) is 21.6. The molecule has 8 nitrogen and oxygen atoms in total. The molecule has 198 valence electrons. The number of amides is 1. The van der Waals surface area contributed by atoms with Gasteiger partial charge in [-0.15, -0.1) is 0 Å². The molecule has 1 amide bonds. The fraction of sp³-hybridized carbons (Fsp3) is 0.172. The summed E-state index contributed by atoms with van der Waals surface area (Å²) >= 11 is 0. The van der Waals surface area contributed by atoms with Crippen LogP contribution in [0.15, 0.2) is 82.8 Å². The summed E-state index contributed by atoms with van der Waals surface area (Å²) in [7, 11) is -4.24. The van der Waals surface area contributed by atoms with E-state index in [2.05, 4.69) is 22.7 Å². The monoisotopic (exact) mass is 545 g/mol. The Morgan fingerprint density at radius 1 is 0.949 bits per heavy atom. The van der Waals surface area contributed by atoms with Crippen LogP contribution in [-0.4, -0.2) is 40.3 Å². The molecular formula is C29H24FN3O5S. The van der Waals surface area contributed by atoms with E-state index in [4.69, 9.17) is 9.47 Å². The van der Waals surface area contributed by atoms with Crippen molar-refractivity contribution in [2.45, 2.75) is 17.7 Å². The van der Waals surface area contributed by atoms with Gasteiger partial charge >= 0.3 is 0 Å². The van der Waals surface area contributed by atoms with E-state index in [0.29, 0.717) is 18.1 Å². The predicted molar refractivity (Wildman–Crippen MR) is 145 cm³/mol. The molecule has 0 spiro atoms. The van der Waals surface area contributed by atoms with E-state index in [1.165, 1.54) is 46.8 Å².